The zero-order valence-electron chi connectivity index (χ0n) is 14.9. The summed E-state index contributed by atoms with van der Waals surface area (Å²) in [5.41, 5.74) is 3.27. The van der Waals surface area contributed by atoms with Gasteiger partial charge in [0.1, 0.15) is 0 Å². The van der Waals surface area contributed by atoms with Crippen molar-refractivity contribution in [2.75, 3.05) is 0 Å². The van der Waals surface area contributed by atoms with Crippen LogP contribution in [0.4, 0.5) is 0 Å². The van der Waals surface area contributed by atoms with E-state index < -0.39 is 17.9 Å². The first kappa shape index (κ1) is 18.8. The normalized spacial score (nSPS) is 11.9. The van der Waals surface area contributed by atoms with Gasteiger partial charge in [0.15, 0.2) is 6.04 Å². The van der Waals surface area contributed by atoms with Crippen molar-refractivity contribution in [3.05, 3.63) is 57.6 Å². The number of nitrogens with one attached hydrogen (secondary N) is 1. The van der Waals surface area contributed by atoms with E-state index in [4.69, 9.17) is 4.42 Å². The van der Waals surface area contributed by atoms with Gasteiger partial charge in [-0.15, -0.1) is 10.2 Å². The van der Waals surface area contributed by atoms with E-state index in [9.17, 15) is 14.7 Å². The molecule has 0 aliphatic heterocycles. The number of carbonyl (C=O) groups is 2. The Kier molecular flexibility index (Phi) is 5.66. The summed E-state index contributed by atoms with van der Waals surface area (Å²) < 4.78 is 5.54. The molecule has 7 nitrogen and oxygen atoms in total. The second-order valence-corrected chi connectivity index (χ2v) is 7.05. The summed E-state index contributed by atoms with van der Waals surface area (Å²) in [6.45, 7) is 3.77. The van der Waals surface area contributed by atoms with Crippen LogP contribution < -0.4 is 5.32 Å². The maximum absolute atomic E-state index is 12.2. The van der Waals surface area contributed by atoms with Crippen molar-refractivity contribution in [3.8, 4) is 11.5 Å². The Morgan fingerprint density at radius 2 is 1.96 bits per heavy atom. The number of aromatic nitrogens is 2. The molecule has 0 saturated carbocycles. The standard InChI is InChI=1S/C19H19N3O4S/c1-11-7-12(2)9-14(8-11)17(19(24)25)20-15(23)3-4-16-21-22-18(26-16)13-5-6-27-10-13/h5-10,17H,3-4H2,1-2H3,(H,20,23)(H,24,25). The highest BCUT2D eigenvalue weighted by Gasteiger charge is 2.23. The van der Waals surface area contributed by atoms with Crippen LogP contribution in [0.5, 0.6) is 0 Å². The van der Waals surface area contributed by atoms with E-state index in [1.165, 1.54) is 11.3 Å². The molecule has 1 amide bonds. The highest BCUT2D eigenvalue weighted by atomic mass is 32.1. The minimum atomic E-state index is -1.11. The van der Waals surface area contributed by atoms with Crippen LogP contribution in [0, 0.1) is 13.8 Å². The van der Waals surface area contributed by atoms with Crippen molar-refractivity contribution in [1.29, 1.82) is 0 Å². The highest BCUT2D eigenvalue weighted by molar-refractivity contribution is 7.08. The molecule has 1 aromatic carbocycles. The molecular formula is C19H19N3O4S. The summed E-state index contributed by atoms with van der Waals surface area (Å²) in [5, 5.41) is 23.8. The summed E-state index contributed by atoms with van der Waals surface area (Å²) in [6.07, 6.45) is 0.294. The molecule has 3 rings (SSSR count). The van der Waals surface area contributed by atoms with E-state index in [1.54, 1.807) is 12.1 Å². The molecule has 0 spiro atoms. The predicted molar refractivity (Wildman–Crippen MR) is 100 cm³/mol. The van der Waals surface area contributed by atoms with Crippen LogP contribution in [0.1, 0.15) is 35.0 Å². The second kappa shape index (κ2) is 8.13. The molecule has 1 atom stereocenters. The number of nitrogens with zero attached hydrogens (tertiary/aromatic N) is 2. The molecular weight excluding hydrogens is 366 g/mol. The number of amides is 1. The fourth-order valence-corrected chi connectivity index (χ4v) is 3.41. The average Bonchev–Trinajstić information content (AvgIpc) is 3.27. The molecule has 2 N–H and O–H groups in total. The molecule has 0 radical (unpaired) electrons. The van der Waals surface area contributed by atoms with Gasteiger partial charge in [0, 0.05) is 23.8 Å². The monoisotopic (exact) mass is 385 g/mol. The molecule has 27 heavy (non-hydrogen) atoms. The number of carboxylic acids is 1. The quantitative estimate of drug-likeness (QED) is 0.646. The van der Waals surface area contributed by atoms with Crippen LogP contribution in [0.2, 0.25) is 0 Å². The Morgan fingerprint density at radius 3 is 2.59 bits per heavy atom. The SMILES string of the molecule is Cc1cc(C)cc(C(NC(=O)CCc2nnc(-c3ccsc3)o2)C(=O)O)c1. The number of carbonyl (C=O) groups excluding carboxylic acids is 1. The van der Waals surface area contributed by atoms with Gasteiger partial charge < -0.3 is 14.8 Å². The first-order valence-corrected chi connectivity index (χ1v) is 9.32. The largest absolute Gasteiger partial charge is 0.479 e. The van der Waals surface area contributed by atoms with Crippen molar-refractivity contribution in [2.45, 2.75) is 32.7 Å². The third kappa shape index (κ3) is 4.79. The average molecular weight is 385 g/mol. The third-order valence-corrected chi connectivity index (χ3v) is 4.61. The summed E-state index contributed by atoms with van der Waals surface area (Å²) >= 11 is 1.52. The Labute approximate surface area is 160 Å². The van der Waals surface area contributed by atoms with Crippen molar-refractivity contribution in [3.63, 3.8) is 0 Å². The van der Waals surface area contributed by atoms with Gasteiger partial charge in [-0.25, -0.2) is 4.79 Å². The Bertz CT molecular complexity index is 930. The molecule has 3 aromatic rings. The zero-order valence-corrected chi connectivity index (χ0v) is 15.7. The first-order chi connectivity index (χ1) is 12.9. The van der Waals surface area contributed by atoms with E-state index in [0.717, 1.165) is 16.7 Å². The molecule has 0 bridgehead atoms. The van der Waals surface area contributed by atoms with Crippen molar-refractivity contribution in [2.24, 2.45) is 0 Å². The molecule has 0 saturated heterocycles. The van der Waals surface area contributed by atoms with Gasteiger partial charge in [0.25, 0.3) is 0 Å². The topological polar surface area (TPSA) is 105 Å². The lowest BCUT2D eigenvalue weighted by atomic mass is 10.0. The van der Waals surface area contributed by atoms with Gasteiger partial charge in [-0.05, 0) is 30.9 Å². The molecule has 8 heteroatoms. The lowest BCUT2D eigenvalue weighted by molar-refractivity contribution is -0.142. The number of aryl methyl sites for hydroxylation is 3. The van der Waals surface area contributed by atoms with Crippen LogP contribution in [-0.2, 0) is 16.0 Å². The fraction of sp³-hybridized carbons (Fsp3) is 0.263. The minimum absolute atomic E-state index is 0.0554. The zero-order chi connectivity index (χ0) is 19.4. The van der Waals surface area contributed by atoms with E-state index in [2.05, 4.69) is 15.5 Å². The van der Waals surface area contributed by atoms with Crippen LogP contribution in [-0.4, -0.2) is 27.2 Å². The lowest BCUT2D eigenvalue weighted by Gasteiger charge is -2.16. The van der Waals surface area contributed by atoms with E-state index in [0.29, 0.717) is 17.3 Å². The Hall–Kier alpha value is -3.00. The maximum Gasteiger partial charge on any atom is 0.330 e. The van der Waals surface area contributed by atoms with Crippen LogP contribution in [0.15, 0.2) is 39.4 Å². The predicted octanol–water partition coefficient (Wildman–Crippen LogP) is 3.29. The molecule has 140 valence electrons. The number of thiophene rings is 1. The van der Waals surface area contributed by atoms with Gasteiger partial charge in [-0.3, -0.25) is 4.79 Å². The Morgan fingerprint density at radius 1 is 1.22 bits per heavy atom. The van der Waals surface area contributed by atoms with Gasteiger partial charge in [-0.1, -0.05) is 29.3 Å². The summed E-state index contributed by atoms with van der Waals surface area (Å²) in [7, 11) is 0. The summed E-state index contributed by atoms with van der Waals surface area (Å²) in [5.74, 6) is -0.752. The minimum Gasteiger partial charge on any atom is -0.479 e. The molecule has 2 aromatic heterocycles. The second-order valence-electron chi connectivity index (χ2n) is 6.27. The van der Waals surface area contributed by atoms with Gasteiger partial charge in [-0.2, -0.15) is 11.3 Å². The maximum atomic E-state index is 12.2. The summed E-state index contributed by atoms with van der Waals surface area (Å²) in [4.78, 5) is 23.9. The first-order valence-electron chi connectivity index (χ1n) is 8.37. The van der Waals surface area contributed by atoms with E-state index in [1.807, 2.05) is 36.7 Å². The van der Waals surface area contributed by atoms with Crippen molar-refractivity contribution >= 4 is 23.2 Å². The number of carboxylic acid groups (broad SMARTS) is 1. The van der Waals surface area contributed by atoms with E-state index in [-0.39, 0.29) is 12.8 Å². The van der Waals surface area contributed by atoms with Crippen LogP contribution in [0.3, 0.4) is 0 Å². The highest BCUT2D eigenvalue weighted by Crippen LogP contribution is 2.21. The molecule has 0 aliphatic rings. The molecule has 0 fully saturated rings. The van der Waals surface area contributed by atoms with Gasteiger partial charge in [0.2, 0.25) is 17.7 Å². The number of benzene rings is 1. The van der Waals surface area contributed by atoms with Crippen molar-refractivity contribution < 1.29 is 19.1 Å². The smallest absolute Gasteiger partial charge is 0.330 e. The summed E-state index contributed by atoms with van der Waals surface area (Å²) in [6, 6.07) is 6.25. The van der Waals surface area contributed by atoms with Crippen LogP contribution in [0.25, 0.3) is 11.5 Å². The Balaban J connectivity index is 1.62. The van der Waals surface area contributed by atoms with Gasteiger partial charge in [0.05, 0.1) is 0 Å². The van der Waals surface area contributed by atoms with E-state index >= 15 is 0 Å². The number of hydrogen-bond donors (Lipinski definition) is 2. The molecule has 2 heterocycles. The third-order valence-electron chi connectivity index (χ3n) is 3.93. The van der Waals surface area contributed by atoms with Gasteiger partial charge >= 0.3 is 5.97 Å². The van der Waals surface area contributed by atoms with Crippen LogP contribution >= 0.6 is 11.3 Å². The lowest BCUT2D eigenvalue weighted by Crippen LogP contribution is -2.34. The molecule has 0 aliphatic carbocycles. The fourth-order valence-electron chi connectivity index (χ4n) is 2.78. The van der Waals surface area contributed by atoms with Crippen molar-refractivity contribution in [1.82, 2.24) is 15.5 Å². The number of aliphatic carboxylic acids is 1. The number of hydrogen-bond acceptors (Lipinski definition) is 6. The molecule has 1 unspecified atom stereocenters. The number of rotatable bonds is 7.